The highest BCUT2D eigenvalue weighted by molar-refractivity contribution is 6.35. The average Bonchev–Trinajstić information content (AvgIpc) is 2.94. The second-order valence-corrected chi connectivity index (χ2v) is 10.8. The lowest BCUT2D eigenvalue weighted by atomic mass is 9.83. The fourth-order valence-corrected chi connectivity index (χ4v) is 5.41. The van der Waals surface area contributed by atoms with Crippen molar-refractivity contribution >= 4 is 46.8 Å². The number of benzene rings is 3. The third kappa shape index (κ3) is 7.97. The number of halogens is 2. The first-order valence-electron chi connectivity index (χ1n) is 13.1. The second kappa shape index (κ2) is 13.7. The molecule has 10 heteroatoms. The van der Waals surface area contributed by atoms with E-state index >= 15 is 0 Å². The molecule has 1 fully saturated rings. The van der Waals surface area contributed by atoms with Crippen molar-refractivity contribution in [2.24, 2.45) is 0 Å². The van der Waals surface area contributed by atoms with E-state index in [0.29, 0.717) is 21.7 Å². The quantitative estimate of drug-likeness (QED) is 0.207. The van der Waals surface area contributed by atoms with Gasteiger partial charge in [0.1, 0.15) is 0 Å². The highest BCUT2D eigenvalue weighted by atomic mass is 35.5. The molecule has 1 aliphatic rings. The number of hydrogen-bond acceptors (Lipinski definition) is 4. The van der Waals surface area contributed by atoms with E-state index in [1.54, 1.807) is 42.5 Å². The highest BCUT2D eigenvalue weighted by Gasteiger charge is 2.21. The summed E-state index contributed by atoms with van der Waals surface area (Å²) < 4.78 is 0. The van der Waals surface area contributed by atoms with Crippen LogP contribution in [-0.4, -0.2) is 40.8 Å². The van der Waals surface area contributed by atoms with Crippen LogP contribution in [-0.2, 0) is 4.79 Å². The summed E-state index contributed by atoms with van der Waals surface area (Å²) in [6.07, 6.45) is 4.42. The van der Waals surface area contributed by atoms with Gasteiger partial charge < -0.3 is 26.2 Å². The maximum Gasteiger partial charge on any atom is 0.334 e. The number of rotatable bonds is 9. The first-order chi connectivity index (χ1) is 19.2. The topological polar surface area (TPSA) is 128 Å². The molecule has 3 aromatic rings. The molecular weight excluding hydrogens is 553 g/mol. The first-order valence-corrected chi connectivity index (χ1v) is 13.9. The average molecular weight is 584 g/mol. The molecule has 0 saturated heterocycles. The van der Waals surface area contributed by atoms with Gasteiger partial charge in [-0.2, -0.15) is 0 Å². The Labute approximate surface area is 242 Å². The van der Waals surface area contributed by atoms with Gasteiger partial charge >= 0.3 is 12.0 Å². The number of carboxylic acids is 1. The van der Waals surface area contributed by atoms with E-state index in [1.807, 2.05) is 12.1 Å². The Balaban J connectivity index is 1.54. The van der Waals surface area contributed by atoms with E-state index in [9.17, 15) is 19.5 Å². The zero-order chi connectivity index (χ0) is 28.6. The second-order valence-electron chi connectivity index (χ2n) is 9.88. The molecule has 1 saturated carbocycles. The van der Waals surface area contributed by atoms with Crippen LogP contribution in [0.5, 0.6) is 0 Å². The molecule has 8 nitrogen and oxygen atoms in total. The van der Waals surface area contributed by atoms with E-state index < -0.39 is 36.6 Å². The molecule has 5 N–H and O–H groups in total. The van der Waals surface area contributed by atoms with Crippen LogP contribution in [0.25, 0.3) is 0 Å². The smallest absolute Gasteiger partial charge is 0.334 e. The summed E-state index contributed by atoms with van der Waals surface area (Å²) in [7, 11) is 0. The molecular formula is C30H31Cl2N3O5. The number of aliphatic hydroxyl groups is 1. The van der Waals surface area contributed by atoms with Gasteiger partial charge in [0.05, 0.1) is 12.6 Å². The lowest BCUT2D eigenvalue weighted by Gasteiger charge is -2.24. The van der Waals surface area contributed by atoms with Crippen LogP contribution in [0, 0.1) is 0 Å². The van der Waals surface area contributed by atoms with Crippen LogP contribution >= 0.6 is 23.2 Å². The number of aliphatic carboxylic acids is 1. The van der Waals surface area contributed by atoms with E-state index in [4.69, 9.17) is 28.3 Å². The van der Waals surface area contributed by atoms with Crippen LogP contribution < -0.4 is 16.0 Å². The molecule has 0 bridgehead atoms. The Morgan fingerprint density at radius 1 is 0.850 bits per heavy atom. The maximum atomic E-state index is 13.0. The molecule has 0 spiro atoms. The summed E-state index contributed by atoms with van der Waals surface area (Å²) in [6.45, 7) is -0.416. The lowest BCUT2D eigenvalue weighted by molar-refractivity contribution is -0.146. The molecule has 210 valence electrons. The van der Waals surface area contributed by atoms with Crippen molar-refractivity contribution in [1.82, 2.24) is 10.6 Å². The van der Waals surface area contributed by atoms with Crippen LogP contribution in [0.3, 0.4) is 0 Å². The van der Waals surface area contributed by atoms with Gasteiger partial charge in [-0.05, 0) is 65.8 Å². The Hall–Kier alpha value is -3.59. The number of amides is 3. The number of nitrogens with one attached hydrogen (secondary N) is 3. The zero-order valence-corrected chi connectivity index (χ0v) is 23.2. The standard InChI is InChI=1S/C30H31Cl2N3O5/c31-23-14-24(32)16-25(15-23)34-30(40)35-27(20-8-6-19(7-9-20)18-4-2-1-3-5-18)21-10-12-22(13-11-21)28(37)33-17-26(36)29(38)39/h6-16,18,26-27,36H,1-5,17H2,(H,33,37)(H,38,39)(H2,34,35,40). The van der Waals surface area contributed by atoms with Crippen LogP contribution in [0.2, 0.25) is 10.0 Å². The van der Waals surface area contributed by atoms with Crippen molar-refractivity contribution < 1.29 is 24.6 Å². The zero-order valence-electron chi connectivity index (χ0n) is 21.7. The lowest BCUT2D eigenvalue weighted by Crippen LogP contribution is -2.36. The van der Waals surface area contributed by atoms with E-state index in [-0.39, 0.29) is 5.56 Å². The predicted molar refractivity (Wildman–Crippen MR) is 155 cm³/mol. The molecule has 0 aromatic heterocycles. The number of hydrogen-bond donors (Lipinski definition) is 5. The molecule has 40 heavy (non-hydrogen) atoms. The number of carboxylic acid groups (broad SMARTS) is 1. The van der Waals surface area contributed by atoms with Gasteiger partial charge in [-0.1, -0.05) is 78.9 Å². The van der Waals surface area contributed by atoms with E-state index in [0.717, 1.165) is 11.1 Å². The molecule has 0 aliphatic heterocycles. The minimum absolute atomic E-state index is 0.283. The number of carbonyl (C=O) groups excluding carboxylic acids is 2. The summed E-state index contributed by atoms with van der Waals surface area (Å²) in [4.78, 5) is 36.3. The van der Waals surface area contributed by atoms with Gasteiger partial charge in [-0.15, -0.1) is 0 Å². The minimum Gasteiger partial charge on any atom is -0.479 e. The van der Waals surface area contributed by atoms with E-state index in [1.165, 1.54) is 37.7 Å². The number of urea groups is 1. The summed E-state index contributed by atoms with van der Waals surface area (Å²) in [5.41, 5.74) is 3.60. The fraction of sp³-hybridized carbons (Fsp3) is 0.300. The third-order valence-corrected chi connectivity index (χ3v) is 7.43. The maximum absolute atomic E-state index is 13.0. The number of carbonyl (C=O) groups is 3. The molecule has 3 amide bonds. The fourth-order valence-electron chi connectivity index (χ4n) is 4.89. The number of anilines is 1. The summed E-state index contributed by atoms with van der Waals surface area (Å²) in [5.74, 6) is -1.40. The molecule has 3 aromatic carbocycles. The normalized spacial score (nSPS) is 15.1. The van der Waals surface area contributed by atoms with Crippen molar-refractivity contribution in [2.75, 3.05) is 11.9 Å². The third-order valence-electron chi connectivity index (χ3n) is 6.99. The summed E-state index contributed by atoms with van der Waals surface area (Å²) in [5, 5.41) is 27.2. The monoisotopic (exact) mass is 583 g/mol. The SMILES string of the molecule is O=C(Nc1cc(Cl)cc(Cl)c1)NC(c1ccc(C(=O)NCC(O)C(=O)O)cc1)c1ccc(C2CCCCC2)cc1. The Bertz CT molecular complexity index is 1320. The largest absolute Gasteiger partial charge is 0.479 e. The number of aliphatic hydroxyl groups excluding tert-OH is 1. The van der Waals surface area contributed by atoms with Crippen molar-refractivity contribution in [1.29, 1.82) is 0 Å². The van der Waals surface area contributed by atoms with Crippen LogP contribution in [0.15, 0.2) is 66.7 Å². The Morgan fingerprint density at radius 2 is 1.43 bits per heavy atom. The van der Waals surface area contributed by atoms with Crippen LogP contribution in [0.4, 0.5) is 10.5 Å². The van der Waals surface area contributed by atoms with Crippen molar-refractivity contribution in [3.8, 4) is 0 Å². The summed E-state index contributed by atoms with van der Waals surface area (Å²) in [6, 6.07) is 18.6. The van der Waals surface area contributed by atoms with Gasteiger partial charge in [-0.3, -0.25) is 4.79 Å². The Morgan fingerprint density at radius 3 is 2.00 bits per heavy atom. The highest BCUT2D eigenvalue weighted by Crippen LogP contribution is 2.34. The molecule has 4 rings (SSSR count). The molecule has 2 atom stereocenters. The van der Waals surface area contributed by atoms with E-state index in [2.05, 4.69) is 28.1 Å². The Kier molecular flexibility index (Phi) is 10.0. The first kappa shape index (κ1) is 29.4. The van der Waals surface area contributed by atoms with Gasteiger partial charge in [-0.25, -0.2) is 9.59 Å². The van der Waals surface area contributed by atoms with Crippen molar-refractivity contribution in [2.45, 2.75) is 50.2 Å². The minimum atomic E-state index is -1.69. The van der Waals surface area contributed by atoms with Gasteiger partial charge in [0, 0.05) is 21.3 Å². The van der Waals surface area contributed by atoms with Gasteiger partial charge in [0.15, 0.2) is 6.10 Å². The molecule has 0 heterocycles. The molecule has 1 aliphatic carbocycles. The predicted octanol–water partition coefficient (Wildman–Crippen LogP) is 6.13. The van der Waals surface area contributed by atoms with Crippen LogP contribution in [0.1, 0.15) is 71.1 Å². The van der Waals surface area contributed by atoms with Crippen molar-refractivity contribution in [3.63, 3.8) is 0 Å². The van der Waals surface area contributed by atoms with Gasteiger partial charge in [0.25, 0.3) is 5.91 Å². The van der Waals surface area contributed by atoms with Gasteiger partial charge in [0.2, 0.25) is 0 Å². The van der Waals surface area contributed by atoms with Crippen molar-refractivity contribution in [3.05, 3.63) is 99.0 Å². The molecule has 2 unspecified atom stereocenters. The molecule has 0 radical (unpaired) electrons. The summed E-state index contributed by atoms with van der Waals surface area (Å²) >= 11 is 12.1.